The van der Waals surface area contributed by atoms with E-state index in [0.717, 1.165) is 25.9 Å². The molecule has 0 spiro atoms. The first kappa shape index (κ1) is 15.5. The highest BCUT2D eigenvalue weighted by Gasteiger charge is 2.34. The van der Waals surface area contributed by atoms with Crippen LogP contribution in [0.1, 0.15) is 47.5 Å². The van der Waals surface area contributed by atoms with Gasteiger partial charge < -0.3 is 5.11 Å². The second kappa shape index (κ2) is 6.55. The lowest BCUT2D eigenvalue weighted by Gasteiger charge is -2.41. The van der Waals surface area contributed by atoms with Gasteiger partial charge in [-0.3, -0.25) is 9.69 Å². The fraction of sp³-hybridized carbons (Fsp3) is 0.933. The van der Waals surface area contributed by atoms with Crippen LogP contribution in [0.5, 0.6) is 0 Å². The molecule has 1 saturated heterocycles. The van der Waals surface area contributed by atoms with Crippen LogP contribution in [0.2, 0.25) is 0 Å². The van der Waals surface area contributed by atoms with Crippen molar-refractivity contribution >= 4 is 5.97 Å². The zero-order valence-electron chi connectivity index (χ0n) is 12.5. The Labute approximate surface area is 112 Å². The number of likely N-dealkylation sites (tertiary alicyclic amines) is 1. The standard InChI is InChI=1S/C15H29NO2/c1-10(2)14(11(3)4)9-16-8-6-7-13(12(16)5)15(17)18/h10-14H,6-9H2,1-5H3,(H,17,18)/t12-,13-/m0/s1. The fourth-order valence-electron chi connectivity index (χ4n) is 3.26. The van der Waals surface area contributed by atoms with Crippen molar-refractivity contribution in [2.75, 3.05) is 13.1 Å². The second-order valence-corrected chi connectivity index (χ2v) is 6.47. The lowest BCUT2D eigenvalue weighted by molar-refractivity contribution is -0.146. The molecular formula is C15H29NO2. The van der Waals surface area contributed by atoms with Gasteiger partial charge in [-0.05, 0) is 44.1 Å². The van der Waals surface area contributed by atoms with Crippen molar-refractivity contribution in [2.45, 2.75) is 53.5 Å². The monoisotopic (exact) mass is 255 g/mol. The Bertz CT molecular complexity index is 268. The van der Waals surface area contributed by atoms with Crippen LogP contribution in [-0.2, 0) is 4.79 Å². The van der Waals surface area contributed by atoms with Crippen LogP contribution in [0.15, 0.2) is 0 Å². The van der Waals surface area contributed by atoms with Gasteiger partial charge in [0.2, 0.25) is 0 Å². The van der Waals surface area contributed by atoms with Gasteiger partial charge in [0.1, 0.15) is 0 Å². The number of carbonyl (C=O) groups is 1. The lowest BCUT2D eigenvalue weighted by Crippen LogP contribution is -2.49. The van der Waals surface area contributed by atoms with Gasteiger partial charge in [0, 0.05) is 12.6 Å². The SMILES string of the molecule is CC(C)C(CN1CCC[C@H](C(=O)O)[C@@H]1C)C(C)C. The highest BCUT2D eigenvalue weighted by atomic mass is 16.4. The molecule has 0 aromatic carbocycles. The zero-order valence-corrected chi connectivity index (χ0v) is 12.5. The highest BCUT2D eigenvalue weighted by molar-refractivity contribution is 5.70. The Hall–Kier alpha value is -0.570. The predicted molar refractivity (Wildman–Crippen MR) is 74.6 cm³/mol. The van der Waals surface area contributed by atoms with E-state index in [1.807, 2.05) is 0 Å². The number of nitrogens with zero attached hydrogens (tertiary/aromatic N) is 1. The molecule has 1 N–H and O–H groups in total. The number of hydrogen-bond donors (Lipinski definition) is 1. The van der Waals surface area contributed by atoms with Gasteiger partial charge in [-0.1, -0.05) is 27.7 Å². The van der Waals surface area contributed by atoms with Crippen LogP contribution in [0.3, 0.4) is 0 Å². The molecule has 1 rings (SSSR count). The molecule has 3 nitrogen and oxygen atoms in total. The number of aliphatic carboxylic acids is 1. The zero-order chi connectivity index (χ0) is 13.9. The third-order valence-corrected chi connectivity index (χ3v) is 4.59. The molecule has 1 heterocycles. The maximum Gasteiger partial charge on any atom is 0.308 e. The molecule has 18 heavy (non-hydrogen) atoms. The van der Waals surface area contributed by atoms with Gasteiger partial charge in [0.15, 0.2) is 0 Å². The topological polar surface area (TPSA) is 40.5 Å². The van der Waals surface area contributed by atoms with Gasteiger partial charge in [-0.25, -0.2) is 0 Å². The minimum absolute atomic E-state index is 0.177. The minimum atomic E-state index is -0.627. The van der Waals surface area contributed by atoms with Crippen molar-refractivity contribution in [2.24, 2.45) is 23.7 Å². The molecule has 1 aliphatic heterocycles. The summed E-state index contributed by atoms with van der Waals surface area (Å²) in [6.07, 6.45) is 1.85. The maximum absolute atomic E-state index is 11.2. The lowest BCUT2D eigenvalue weighted by atomic mass is 9.83. The Kier molecular flexibility index (Phi) is 5.64. The molecule has 0 radical (unpaired) electrons. The van der Waals surface area contributed by atoms with Crippen LogP contribution in [0, 0.1) is 23.7 Å². The fourth-order valence-corrected chi connectivity index (χ4v) is 3.26. The molecular weight excluding hydrogens is 226 g/mol. The normalized spacial score (nSPS) is 26.2. The van der Waals surface area contributed by atoms with Gasteiger partial charge in [-0.2, -0.15) is 0 Å². The van der Waals surface area contributed by atoms with Crippen LogP contribution in [-0.4, -0.2) is 35.1 Å². The number of carboxylic acid groups (broad SMARTS) is 1. The van der Waals surface area contributed by atoms with Gasteiger partial charge in [0.25, 0.3) is 0 Å². The Balaban J connectivity index is 2.67. The summed E-state index contributed by atoms with van der Waals surface area (Å²) in [7, 11) is 0. The Morgan fingerprint density at radius 3 is 2.28 bits per heavy atom. The molecule has 0 aromatic heterocycles. The second-order valence-electron chi connectivity index (χ2n) is 6.47. The van der Waals surface area contributed by atoms with Crippen molar-refractivity contribution in [3.8, 4) is 0 Å². The van der Waals surface area contributed by atoms with E-state index in [1.54, 1.807) is 0 Å². The Morgan fingerprint density at radius 1 is 1.28 bits per heavy atom. The maximum atomic E-state index is 11.2. The summed E-state index contributed by atoms with van der Waals surface area (Å²) in [5.41, 5.74) is 0. The van der Waals surface area contributed by atoms with Crippen LogP contribution in [0.4, 0.5) is 0 Å². The van der Waals surface area contributed by atoms with Gasteiger partial charge in [-0.15, -0.1) is 0 Å². The van der Waals surface area contributed by atoms with Crippen molar-refractivity contribution in [3.63, 3.8) is 0 Å². The van der Waals surface area contributed by atoms with E-state index >= 15 is 0 Å². The summed E-state index contributed by atoms with van der Waals surface area (Å²) in [4.78, 5) is 13.6. The number of carboxylic acids is 1. The van der Waals surface area contributed by atoms with E-state index in [0.29, 0.717) is 17.8 Å². The molecule has 0 bridgehead atoms. The molecule has 106 valence electrons. The van der Waals surface area contributed by atoms with E-state index in [4.69, 9.17) is 0 Å². The average molecular weight is 255 g/mol. The molecule has 0 saturated carbocycles. The summed E-state index contributed by atoms with van der Waals surface area (Å²) in [6, 6.07) is 0.177. The molecule has 3 heteroatoms. The first-order valence-corrected chi connectivity index (χ1v) is 7.31. The average Bonchev–Trinajstić information content (AvgIpc) is 2.26. The Morgan fingerprint density at radius 2 is 1.83 bits per heavy atom. The molecule has 1 aliphatic rings. The van der Waals surface area contributed by atoms with Crippen LogP contribution in [0.25, 0.3) is 0 Å². The van der Waals surface area contributed by atoms with E-state index in [-0.39, 0.29) is 12.0 Å². The molecule has 0 aliphatic carbocycles. The predicted octanol–water partition coefficient (Wildman–Crippen LogP) is 3.10. The molecule has 0 aromatic rings. The quantitative estimate of drug-likeness (QED) is 0.820. The van der Waals surface area contributed by atoms with E-state index in [2.05, 4.69) is 39.5 Å². The van der Waals surface area contributed by atoms with Crippen LogP contribution >= 0.6 is 0 Å². The van der Waals surface area contributed by atoms with Crippen molar-refractivity contribution in [1.29, 1.82) is 0 Å². The summed E-state index contributed by atoms with van der Waals surface area (Å²) in [5.74, 6) is 1.15. The third kappa shape index (κ3) is 3.71. The molecule has 0 unspecified atom stereocenters. The molecule has 2 atom stereocenters. The largest absolute Gasteiger partial charge is 0.481 e. The first-order chi connectivity index (χ1) is 8.34. The summed E-state index contributed by atoms with van der Waals surface area (Å²) in [5, 5.41) is 9.25. The van der Waals surface area contributed by atoms with Crippen molar-refractivity contribution in [1.82, 2.24) is 4.90 Å². The van der Waals surface area contributed by atoms with Crippen molar-refractivity contribution < 1.29 is 9.90 Å². The molecule has 1 fully saturated rings. The number of hydrogen-bond acceptors (Lipinski definition) is 2. The summed E-state index contributed by atoms with van der Waals surface area (Å²) >= 11 is 0. The molecule has 0 amide bonds. The van der Waals surface area contributed by atoms with Gasteiger partial charge in [0.05, 0.1) is 5.92 Å². The van der Waals surface area contributed by atoms with E-state index in [1.165, 1.54) is 0 Å². The highest BCUT2D eigenvalue weighted by Crippen LogP contribution is 2.28. The summed E-state index contributed by atoms with van der Waals surface area (Å²) < 4.78 is 0. The number of rotatable bonds is 5. The summed E-state index contributed by atoms with van der Waals surface area (Å²) in [6.45, 7) is 13.3. The first-order valence-electron chi connectivity index (χ1n) is 7.31. The third-order valence-electron chi connectivity index (χ3n) is 4.59. The van der Waals surface area contributed by atoms with Gasteiger partial charge >= 0.3 is 5.97 Å². The van der Waals surface area contributed by atoms with Crippen molar-refractivity contribution in [3.05, 3.63) is 0 Å². The smallest absolute Gasteiger partial charge is 0.308 e. The number of piperidine rings is 1. The van der Waals surface area contributed by atoms with E-state index in [9.17, 15) is 9.90 Å². The minimum Gasteiger partial charge on any atom is -0.481 e. The van der Waals surface area contributed by atoms with Crippen LogP contribution < -0.4 is 0 Å². The van der Waals surface area contributed by atoms with E-state index < -0.39 is 5.97 Å².